The molecule has 0 fully saturated rings. The molecule has 0 unspecified atom stereocenters. The number of nitrogen functional groups attached to an aromatic ring is 1. The van der Waals surface area contributed by atoms with Gasteiger partial charge in [0.15, 0.2) is 0 Å². The van der Waals surface area contributed by atoms with Crippen LogP contribution in [0.5, 0.6) is 5.75 Å². The number of rotatable bonds is 2. The molecule has 96 valence electrons. The van der Waals surface area contributed by atoms with Crippen molar-refractivity contribution in [3.05, 3.63) is 48.3 Å². The van der Waals surface area contributed by atoms with Crippen molar-refractivity contribution in [2.75, 3.05) is 12.8 Å². The van der Waals surface area contributed by atoms with E-state index >= 15 is 0 Å². The van der Waals surface area contributed by atoms with Crippen LogP contribution in [0.15, 0.2) is 42.5 Å². The van der Waals surface area contributed by atoms with Crippen LogP contribution < -0.4 is 10.5 Å². The second kappa shape index (κ2) is 4.28. The monoisotopic (exact) mass is 257 g/mol. The summed E-state index contributed by atoms with van der Waals surface area (Å²) >= 11 is 0. The molecular formula is C14H12FN3O. The Morgan fingerprint density at radius 3 is 2.58 bits per heavy atom. The summed E-state index contributed by atoms with van der Waals surface area (Å²) in [5.41, 5.74) is 7.57. The average Bonchev–Trinajstić information content (AvgIpc) is 2.76. The Hall–Kier alpha value is -2.56. The minimum atomic E-state index is -0.291. The Bertz CT molecular complexity index is 734. The Morgan fingerprint density at radius 1 is 1.16 bits per heavy atom. The predicted octanol–water partition coefficient (Wildman–Crippen LogP) is 2.76. The number of hydrogen-bond acceptors (Lipinski definition) is 3. The summed E-state index contributed by atoms with van der Waals surface area (Å²) in [6.45, 7) is 0. The van der Waals surface area contributed by atoms with E-state index in [9.17, 15) is 4.39 Å². The molecule has 0 aliphatic rings. The van der Waals surface area contributed by atoms with Crippen LogP contribution in [0.4, 0.5) is 10.2 Å². The third-order valence-electron chi connectivity index (χ3n) is 2.99. The number of ether oxygens (including phenoxy) is 1. The second-order valence-corrected chi connectivity index (χ2v) is 4.16. The lowest BCUT2D eigenvalue weighted by atomic mass is 10.2. The van der Waals surface area contributed by atoms with Crippen molar-refractivity contribution < 1.29 is 9.13 Å². The lowest BCUT2D eigenvalue weighted by molar-refractivity contribution is 0.415. The molecule has 5 heteroatoms. The number of benzene rings is 2. The van der Waals surface area contributed by atoms with Gasteiger partial charge in [0.05, 0.1) is 18.3 Å². The van der Waals surface area contributed by atoms with E-state index in [1.165, 1.54) is 12.1 Å². The van der Waals surface area contributed by atoms with Crippen molar-refractivity contribution in [2.24, 2.45) is 0 Å². The van der Waals surface area contributed by atoms with E-state index in [1.54, 1.807) is 23.9 Å². The molecule has 1 heterocycles. The van der Waals surface area contributed by atoms with Gasteiger partial charge in [0.25, 0.3) is 0 Å². The van der Waals surface area contributed by atoms with Gasteiger partial charge in [-0.3, -0.25) is 0 Å². The maximum absolute atomic E-state index is 12.9. The highest BCUT2D eigenvalue weighted by molar-refractivity contribution is 5.91. The molecule has 2 aromatic carbocycles. The second-order valence-electron chi connectivity index (χ2n) is 4.16. The van der Waals surface area contributed by atoms with E-state index < -0.39 is 0 Å². The van der Waals surface area contributed by atoms with Crippen LogP contribution in [-0.4, -0.2) is 16.9 Å². The summed E-state index contributed by atoms with van der Waals surface area (Å²) in [6, 6.07) is 11.5. The zero-order chi connectivity index (χ0) is 13.4. The summed E-state index contributed by atoms with van der Waals surface area (Å²) < 4.78 is 19.7. The molecule has 0 aliphatic carbocycles. The third-order valence-corrected chi connectivity index (χ3v) is 2.99. The van der Waals surface area contributed by atoms with Crippen LogP contribution in [-0.2, 0) is 0 Å². The first-order valence-corrected chi connectivity index (χ1v) is 5.77. The van der Waals surface area contributed by atoms with Crippen molar-refractivity contribution >= 4 is 16.7 Å². The number of aromatic nitrogens is 2. The van der Waals surface area contributed by atoms with Gasteiger partial charge < -0.3 is 10.5 Å². The van der Waals surface area contributed by atoms with Gasteiger partial charge in [0, 0.05) is 5.39 Å². The van der Waals surface area contributed by atoms with Gasteiger partial charge in [-0.1, -0.05) is 0 Å². The number of methoxy groups -OCH3 is 1. The molecule has 0 atom stereocenters. The molecule has 19 heavy (non-hydrogen) atoms. The van der Waals surface area contributed by atoms with Crippen molar-refractivity contribution in [3.63, 3.8) is 0 Å². The number of hydrogen-bond donors (Lipinski definition) is 1. The zero-order valence-electron chi connectivity index (χ0n) is 10.3. The van der Waals surface area contributed by atoms with Gasteiger partial charge in [-0.05, 0) is 42.5 Å². The van der Waals surface area contributed by atoms with E-state index in [4.69, 9.17) is 10.5 Å². The standard InChI is InChI=1S/C14H12FN3O/c1-19-11-6-7-13-12(8-11)14(16)18(17-13)10-4-2-9(15)3-5-10/h2-8H,16H2,1H3. The van der Waals surface area contributed by atoms with Gasteiger partial charge in [-0.15, -0.1) is 0 Å². The molecule has 0 radical (unpaired) electrons. The van der Waals surface area contributed by atoms with Crippen molar-refractivity contribution in [3.8, 4) is 11.4 Å². The predicted molar refractivity (Wildman–Crippen MR) is 72.0 cm³/mol. The van der Waals surface area contributed by atoms with Crippen LogP contribution in [0.1, 0.15) is 0 Å². The molecule has 0 amide bonds. The Balaban J connectivity index is 2.19. The molecular weight excluding hydrogens is 245 g/mol. The first-order chi connectivity index (χ1) is 9.19. The largest absolute Gasteiger partial charge is 0.497 e. The fourth-order valence-electron chi connectivity index (χ4n) is 1.99. The molecule has 0 spiro atoms. The maximum atomic E-state index is 12.9. The fraction of sp³-hybridized carbons (Fsp3) is 0.0714. The van der Waals surface area contributed by atoms with Gasteiger partial charge in [-0.25, -0.2) is 9.07 Å². The van der Waals surface area contributed by atoms with Crippen molar-refractivity contribution in [2.45, 2.75) is 0 Å². The number of nitrogens with zero attached hydrogens (tertiary/aromatic N) is 2. The number of halogens is 1. The molecule has 2 N–H and O–H groups in total. The molecule has 4 nitrogen and oxygen atoms in total. The molecule has 0 aliphatic heterocycles. The van der Waals surface area contributed by atoms with E-state index in [2.05, 4.69) is 5.10 Å². The van der Waals surface area contributed by atoms with Crippen LogP contribution in [0.3, 0.4) is 0 Å². The van der Waals surface area contributed by atoms with Crippen molar-refractivity contribution in [1.82, 2.24) is 9.78 Å². The van der Waals surface area contributed by atoms with E-state index in [-0.39, 0.29) is 5.82 Å². The lowest BCUT2D eigenvalue weighted by Gasteiger charge is -2.03. The Kier molecular flexibility index (Phi) is 2.59. The molecule has 3 rings (SSSR count). The minimum absolute atomic E-state index is 0.291. The van der Waals surface area contributed by atoms with E-state index in [0.29, 0.717) is 11.5 Å². The SMILES string of the molecule is COc1ccc2nn(-c3ccc(F)cc3)c(N)c2c1. The highest BCUT2D eigenvalue weighted by Gasteiger charge is 2.10. The minimum Gasteiger partial charge on any atom is -0.497 e. The average molecular weight is 257 g/mol. The summed E-state index contributed by atoms with van der Waals surface area (Å²) in [4.78, 5) is 0. The van der Waals surface area contributed by atoms with Gasteiger partial charge in [0.1, 0.15) is 17.4 Å². The number of fused-ring (bicyclic) bond motifs is 1. The van der Waals surface area contributed by atoms with Crippen LogP contribution >= 0.6 is 0 Å². The van der Waals surface area contributed by atoms with Crippen LogP contribution in [0, 0.1) is 5.82 Å². The summed E-state index contributed by atoms with van der Waals surface area (Å²) in [7, 11) is 1.60. The lowest BCUT2D eigenvalue weighted by Crippen LogP contribution is -2.01. The van der Waals surface area contributed by atoms with Crippen molar-refractivity contribution in [1.29, 1.82) is 0 Å². The quantitative estimate of drug-likeness (QED) is 0.768. The maximum Gasteiger partial charge on any atom is 0.135 e. The van der Waals surface area contributed by atoms with Gasteiger partial charge in [-0.2, -0.15) is 5.10 Å². The smallest absolute Gasteiger partial charge is 0.135 e. The first kappa shape index (κ1) is 11.5. The molecule has 0 saturated carbocycles. The molecule has 0 saturated heterocycles. The topological polar surface area (TPSA) is 53.1 Å². The highest BCUT2D eigenvalue weighted by atomic mass is 19.1. The van der Waals surface area contributed by atoms with E-state index in [1.807, 2.05) is 18.2 Å². The number of anilines is 1. The fourth-order valence-corrected chi connectivity index (χ4v) is 1.99. The van der Waals surface area contributed by atoms with Gasteiger partial charge >= 0.3 is 0 Å². The summed E-state index contributed by atoms with van der Waals surface area (Å²) in [5, 5.41) is 5.21. The Morgan fingerprint density at radius 2 is 1.89 bits per heavy atom. The first-order valence-electron chi connectivity index (χ1n) is 5.77. The van der Waals surface area contributed by atoms with Crippen LogP contribution in [0.2, 0.25) is 0 Å². The zero-order valence-corrected chi connectivity index (χ0v) is 10.3. The van der Waals surface area contributed by atoms with Gasteiger partial charge in [0.2, 0.25) is 0 Å². The summed E-state index contributed by atoms with van der Waals surface area (Å²) in [5.74, 6) is 0.930. The molecule has 3 aromatic rings. The normalized spacial score (nSPS) is 10.8. The van der Waals surface area contributed by atoms with E-state index in [0.717, 1.165) is 16.7 Å². The van der Waals surface area contributed by atoms with Crippen LogP contribution in [0.25, 0.3) is 16.6 Å². The summed E-state index contributed by atoms with van der Waals surface area (Å²) in [6.07, 6.45) is 0. The molecule has 1 aromatic heterocycles. The third kappa shape index (κ3) is 1.89. The molecule has 0 bridgehead atoms. The Labute approximate surface area is 109 Å². The number of nitrogens with two attached hydrogens (primary N) is 1. The highest BCUT2D eigenvalue weighted by Crippen LogP contribution is 2.27.